The maximum absolute atomic E-state index is 11.8. The lowest BCUT2D eigenvalue weighted by Crippen LogP contribution is -2.40. The molecule has 1 aromatic rings. The van der Waals surface area contributed by atoms with Crippen LogP contribution in [0.1, 0.15) is 6.42 Å². The summed E-state index contributed by atoms with van der Waals surface area (Å²) in [5.41, 5.74) is 0. The monoisotopic (exact) mass is 250 g/mol. The van der Waals surface area contributed by atoms with Gasteiger partial charge in [-0.25, -0.2) is 14.3 Å². The molecule has 7 nitrogen and oxygen atoms in total. The molecular weight excluding hydrogens is 240 g/mol. The van der Waals surface area contributed by atoms with E-state index in [1.807, 2.05) is 0 Å². The number of hydrogen-bond donors (Lipinski definition) is 0. The Morgan fingerprint density at radius 2 is 2.39 bits per heavy atom. The van der Waals surface area contributed by atoms with Crippen LogP contribution in [0.5, 0.6) is 0 Å². The maximum atomic E-state index is 11.8. The van der Waals surface area contributed by atoms with E-state index in [4.69, 9.17) is 14.2 Å². The second-order valence-corrected chi connectivity index (χ2v) is 4.70. The molecule has 0 spiro atoms. The zero-order valence-electron chi connectivity index (χ0n) is 9.26. The van der Waals surface area contributed by atoms with Crippen molar-refractivity contribution in [2.75, 3.05) is 0 Å². The van der Waals surface area contributed by atoms with Crippen molar-refractivity contribution in [1.82, 2.24) is 9.55 Å². The third-order valence-electron chi connectivity index (χ3n) is 3.74. The molecule has 1 aromatic heterocycles. The Balaban J connectivity index is 1.54. The predicted octanol–water partition coefficient (Wildman–Crippen LogP) is -0.0509. The minimum absolute atomic E-state index is 0.178. The first-order valence-electron chi connectivity index (χ1n) is 5.79. The molecule has 3 saturated heterocycles. The van der Waals surface area contributed by atoms with Crippen molar-refractivity contribution in [3.63, 3.8) is 0 Å². The summed E-state index contributed by atoms with van der Waals surface area (Å²) in [6.07, 6.45) is 2.95. The Morgan fingerprint density at radius 1 is 1.50 bits per heavy atom. The van der Waals surface area contributed by atoms with Crippen molar-refractivity contribution >= 4 is 12.1 Å². The molecule has 4 rings (SSSR count). The Kier molecular flexibility index (Phi) is 1.86. The first-order chi connectivity index (χ1) is 8.74. The fraction of sp³-hybridized carbons (Fsp3) is 0.545. The highest BCUT2D eigenvalue weighted by molar-refractivity contribution is 5.77. The van der Waals surface area contributed by atoms with E-state index in [0.29, 0.717) is 6.42 Å². The highest BCUT2D eigenvalue weighted by Crippen LogP contribution is 2.47. The molecule has 0 amide bonds. The van der Waals surface area contributed by atoms with Gasteiger partial charge in [0.1, 0.15) is 12.4 Å². The van der Waals surface area contributed by atoms with E-state index in [0.717, 1.165) is 0 Å². The second kappa shape index (κ2) is 3.32. The Labute approximate surface area is 102 Å². The average Bonchev–Trinajstić information content (AvgIpc) is 3.06. The average molecular weight is 250 g/mol. The van der Waals surface area contributed by atoms with Gasteiger partial charge in [0.15, 0.2) is 12.2 Å². The van der Waals surface area contributed by atoms with Crippen LogP contribution in [0.15, 0.2) is 18.7 Å². The van der Waals surface area contributed by atoms with Crippen molar-refractivity contribution in [1.29, 1.82) is 0 Å². The Hall–Kier alpha value is -1.89. The minimum Gasteiger partial charge on any atom is -0.455 e. The number of rotatable bonds is 1. The molecule has 3 aliphatic rings. The molecular formula is C11H10N2O5. The molecule has 0 radical (unpaired) electrons. The van der Waals surface area contributed by atoms with E-state index in [1.165, 1.54) is 23.3 Å². The molecule has 2 bridgehead atoms. The topological polar surface area (TPSA) is 79.7 Å². The van der Waals surface area contributed by atoms with E-state index in [9.17, 15) is 9.59 Å². The summed E-state index contributed by atoms with van der Waals surface area (Å²) in [5, 5.41) is 0. The summed E-state index contributed by atoms with van der Waals surface area (Å²) in [7, 11) is 0. The summed E-state index contributed by atoms with van der Waals surface area (Å²) in [6.45, 7) is 0. The molecule has 0 saturated carbocycles. The van der Waals surface area contributed by atoms with E-state index in [2.05, 4.69) is 4.98 Å². The number of carbonyl (C=O) groups excluding carboxylic acids is 2. The van der Waals surface area contributed by atoms with Gasteiger partial charge in [-0.05, 0) is 6.42 Å². The van der Waals surface area contributed by atoms with Gasteiger partial charge >= 0.3 is 12.1 Å². The van der Waals surface area contributed by atoms with Gasteiger partial charge < -0.3 is 14.2 Å². The fourth-order valence-corrected chi connectivity index (χ4v) is 2.93. The highest BCUT2D eigenvalue weighted by atomic mass is 16.7. The predicted molar refractivity (Wildman–Crippen MR) is 54.5 cm³/mol. The number of esters is 1. The van der Waals surface area contributed by atoms with Gasteiger partial charge in [0.25, 0.3) is 0 Å². The zero-order chi connectivity index (χ0) is 12.3. The molecule has 3 aliphatic heterocycles. The van der Waals surface area contributed by atoms with Crippen molar-refractivity contribution < 1.29 is 23.8 Å². The highest BCUT2D eigenvalue weighted by Gasteiger charge is 2.65. The van der Waals surface area contributed by atoms with Gasteiger partial charge in [0, 0.05) is 12.4 Å². The molecule has 0 aromatic carbocycles. The van der Waals surface area contributed by atoms with Crippen molar-refractivity contribution in [3.8, 4) is 0 Å². The van der Waals surface area contributed by atoms with E-state index in [-0.39, 0.29) is 24.1 Å². The number of carbonyl (C=O) groups is 2. The van der Waals surface area contributed by atoms with Crippen LogP contribution in [0.25, 0.3) is 0 Å². The number of imidazole rings is 1. The fourth-order valence-electron chi connectivity index (χ4n) is 2.93. The molecule has 18 heavy (non-hydrogen) atoms. The van der Waals surface area contributed by atoms with Crippen LogP contribution in [0.2, 0.25) is 0 Å². The van der Waals surface area contributed by atoms with Crippen LogP contribution in [0.4, 0.5) is 4.79 Å². The molecule has 0 N–H and O–H groups in total. The number of ether oxygens (including phenoxy) is 3. The number of hydrogen-bond acceptors (Lipinski definition) is 6. The second-order valence-electron chi connectivity index (χ2n) is 4.70. The lowest BCUT2D eigenvalue weighted by atomic mass is 9.88. The molecule has 4 heterocycles. The van der Waals surface area contributed by atoms with Crippen molar-refractivity contribution in [2.45, 2.75) is 30.8 Å². The van der Waals surface area contributed by atoms with E-state index in [1.54, 1.807) is 0 Å². The van der Waals surface area contributed by atoms with Gasteiger partial charge in [-0.1, -0.05) is 0 Å². The standard InChI is InChI=1S/C11H10N2O5/c14-10-5-3-6-8(9(17-10)7(5)16-6)18-11(15)13-2-1-12-4-13/h1-2,4-9H,3H2. The van der Waals surface area contributed by atoms with Crippen molar-refractivity contribution in [3.05, 3.63) is 18.7 Å². The molecule has 5 unspecified atom stereocenters. The zero-order valence-corrected chi connectivity index (χ0v) is 9.26. The summed E-state index contributed by atoms with van der Waals surface area (Å²) in [6, 6.07) is 0. The smallest absolute Gasteiger partial charge is 0.419 e. The third-order valence-corrected chi connectivity index (χ3v) is 3.74. The number of nitrogens with zero attached hydrogens (tertiary/aromatic N) is 2. The largest absolute Gasteiger partial charge is 0.455 e. The van der Waals surface area contributed by atoms with Gasteiger partial charge in [0.05, 0.1) is 12.0 Å². The summed E-state index contributed by atoms with van der Waals surface area (Å²) >= 11 is 0. The van der Waals surface area contributed by atoms with Gasteiger partial charge in [0.2, 0.25) is 0 Å². The van der Waals surface area contributed by atoms with E-state index < -0.39 is 18.3 Å². The normalized spacial score (nSPS) is 40.0. The lowest BCUT2D eigenvalue weighted by Gasteiger charge is -2.21. The molecule has 3 fully saturated rings. The van der Waals surface area contributed by atoms with Crippen LogP contribution >= 0.6 is 0 Å². The summed E-state index contributed by atoms with van der Waals surface area (Å²) in [5.74, 6) is -0.420. The number of fused-ring (bicyclic) bond motifs is 1. The first-order valence-corrected chi connectivity index (χ1v) is 5.79. The third kappa shape index (κ3) is 1.19. The maximum Gasteiger partial charge on any atom is 0.419 e. The van der Waals surface area contributed by atoms with Crippen LogP contribution in [0.3, 0.4) is 0 Å². The summed E-state index contributed by atoms with van der Waals surface area (Å²) < 4.78 is 17.4. The van der Waals surface area contributed by atoms with Gasteiger partial charge in [-0.2, -0.15) is 0 Å². The quantitative estimate of drug-likeness (QED) is 0.650. The van der Waals surface area contributed by atoms with Gasteiger partial charge in [-0.15, -0.1) is 0 Å². The molecule has 0 aliphatic carbocycles. The van der Waals surface area contributed by atoms with Crippen LogP contribution in [-0.4, -0.2) is 46.0 Å². The molecule has 94 valence electrons. The Bertz CT molecular complexity index is 514. The van der Waals surface area contributed by atoms with Crippen molar-refractivity contribution in [2.24, 2.45) is 5.92 Å². The lowest BCUT2D eigenvalue weighted by molar-refractivity contribution is -0.145. The van der Waals surface area contributed by atoms with Gasteiger partial charge in [-0.3, -0.25) is 4.79 Å². The van der Waals surface area contributed by atoms with E-state index >= 15 is 0 Å². The SMILES string of the molecule is O=C1OC2C(OC(=O)n3ccnc3)C3CC1C2O3. The van der Waals surface area contributed by atoms with Crippen LogP contribution < -0.4 is 0 Å². The molecule has 7 heteroatoms. The number of aromatic nitrogens is 2. The molecule has 5 atom stereocenters. The minimum atomic E-state index is -0.534. The summed E-state index contributed by atoms with van der Waals surface area (Å²) in [4.78, 5) is 27.1. The van der Waals surface area contributed by atoms with Crippen LogP contribution in [-0.2, 0) is 19.0 Å². The van der Waals surface area contributed by atoms with Crippen LogP contribution in [0, 0.1) is 5.92 Å². The first kappa shape index (κ1) is 10.1. The Morgan fingerprint density at radius 3 is 3.17 bits per heavy atom.